The van der Waals surface area contributed by atoms with Gasteiger partial charge in [-0.05, 0) is 20.8 Å². The summed E-state index contributed by atoms with van der Waals surface area (Å²) in [4.78, 5) is 0. The second-order valence-electron chi connectivity index (χ2n) is 3.52. The minimum atomic E-state index is -2.91. The molecular formula is C7H18NO3P. The van der Waals surface area contributed by atoms with E-state index in [1.807, 2.05) is 13.8 Å². The lowest BCUT2D eigenvalue weighted by atomic mass is 10.0. The van der Waals surface area contributed by atoms with E-state index in [0.29, 0.717) is 0 Å². The van der Waals surface area contributed by atoms with Crippen LogP contribution in [-0.2, 0) is 13.6 Å². The first kappa shape index (κ1) is 12.1. The fraction of sp³-hybridized carbons (Fsp3) is 1.00. The third kappa shape index (κ3) is 4.21. The average Bonchev–Trinajstić information content (AvgIpc) is 1.85. The molecule has 0 rings (SSSR count). The highest BCUT2D eigenvalue weighted by atomic mass is 31.2. The van der Waals surface area contributed by atoms with Crippen LogP contribution in [0.25, 0.3) is 0 Å². The summed E-state index contributed by atoms with van der Waals surface area (Å²) >= 11 is 0. The van der Waals surface area contributed by atoms with Crippen molar-refractivity contribution in [2.45, 2.75) is 32.4 Å². The molecule has 2 N–H and O–H groups in total. The van der Waals surface area contributed by atoms with Crippen molar-refractivity contribution in [2.75, 3.05) is 13.8 Å². The van der Waals surface area contributed by atoms with E-state index in [-0.39, 0.29) is 6.10 Å². The fourth-order valence-corrected chi connectivity index (χ4v) is 1.40. The molecule has 0 spiro atoms. The van der Waals surface area contributed by atoms with Gasteiger partial charge in [0.1, 0.15) is 0 Å². The maximum absolute atomic E-state index is 11.3. The Morgan fingerprint density at radius 1 is 1.50 bits per heavy atom. The third-order valence-corrected chi connectivity index (χ3v) is 3.09. The SMILES string of the molecule is COP(C)(=O)OC(C)C(C)(C)N. The minimum absolute atomic E-state index is 0.298. The van der Waals surface area contributed by atoms with Crippen LogP contribution in [0.5, 0.6) is 0 Å². The van der Waals surface area contributed by atoms with Gasteiger partial charge in [0.15, 0.2) is 0 Å². The molecule has 0 fully saturated rings. The lowest BCUT2D eigenvalue weighted by Gasteiger charge is -2.28. The van der Waals surface area contributed by atoms with E-state index in [2.05, 4.69) is 4.52 Å². The first-order chi connectivity index (χ1) is 5.19. The zero-order valence-corrected chi connectivity index (χ0v) is 9.22. The molecule has 0 saturated carbocycles. The summed E-state index contributed by atoms with van der Waals surface area (Å²) in [7, 11) is -1.55. The van der Waals surface area contributed by atoms with Crippen LogP contribution in [0.1, 0.15) is 20.8 Å². The van der Waals surface area contributed by atoms with Crippen LogP contribution in [-0.4, -0.2) is 25.4 Å². The van der Waals surface area contributed by atoms with E-state index in [4.69, 9.17) is 10.3 Å². The largest absolute Gasteiger partial charge is 0.327 e. The van der Waals surface area contributed by atoms with Gasteiger partial charge in [-0.3, -0.25) is 4.57 Å². The van der Waals surface area contributed by atoms with Crippen LogP contribution >= 0.6 is 7.60 Å². The quantitative estimate of drug-likeness (QED) is 0.692. The Balaban J connectivity index is 4.19. The Morgan fingerprint density at radius 2 is 1.92 bits per heavy atom. The molecule has 4 nitrogen and oxygen atoms in total. The van der Waals surface area contributed by atoms with Crippen molar-refractivity contribution in [3.63, 3.8) is 0 Å². The van der Waals surface area contributed by atoms with Crippen LogP contribution < -0.4 is 5.73 Å². The van der Waals surface area contributed by atoms with Gasteiger partial charge < -0.3 is 14.8 Å². The zero-order chi connectivity index (χ0) is 9.99. The number of hydrogen-bond acceptors (Lipinski definition) is 4. The van der Waals surface area contributed by atoms with Gasteiger partial charge in [-0.15, -0.1) is 0 Å². The molecule has 0 aliphatic heterocycles. The maximum Gasteiger partial charge on any atom is 0.327 e. The Kier molecular flexibility index (Phi) is 3.91. The summed E-state index contributed by atoms with van der Waals surface area (Å²) in [5.41, 5.74) is 5.23. The van der Waals surface area contributed by atoms with E-state index < -0.39 is 13.1 Å². The first-order valence-corrected chi connectivity index (χ1v) is 5.78. The van der Waals surface area contributed by atoms with Crippen molar-refractivity contribution >= 4 is 7.60 Å². The molecule has 0 aliphatic rings. The summed E-state index contributed by atoms with van der Waals surface area (Å²) in [6.07, 6.45) is -0.298. The highest BCUT2D eigenvalue weighted by Gasteiger charge is 2.27. The van der Waals surface area contributed by atoms with Gasteiger partial charge in [0.05, 0.1) is 6.10 Å². The van der Waals surface area contributed by atoms with E-state index in [0.717, 1.165) is 0 Å². The van der Waals surface area contributed by atoms with Crippen molar-refractivity contribution in [1.82, 2.24) is 0 Å². The van der Waals surface area contributed by atoms with Crippen molar-refractivity contribution in [2.24, 2.45) is 5.73 Å². The van der Waals surface area contributed by atoms with Crippen molar-refractivity contribution < 1.29 is 13.6 Å². The summed E-state index contributed by atoms with van der Waals surface area (Å²) in [5.74, 6) is 0. The van der Waals surface area contributed by atoms with Crippen LogP contribution in [0.15, 0.2) is 0 Å². The van der Waals surface area contributed by atoms with Crippen LogP contribution in [0.4, 0.5) is 0 Å². The van der Waals surface area contributed by atoms with Crippen molar-refractivity contribution in [3.05, 3.63) is 0 Å². The van der Waals surface area contributed by atoms with Gasteiger partial charge in [0, 0.05) is 19.3 Å². The van der Waals surface area contributed by atoms with Crippen molar-refractivity contribution in [1.29, 1.82) is 0 Å². The number of nitrogens with two attached hydrogens (primary N) is 1. The second kappa shape index (κ2) is 3.88. The molecule has 0 aliphatic carbocycles. The van der Waals surface area contributed by atoms with Crippen LogP contribution in [0, 0.1) is 0 Å². The lowest BCUT2D eigenvalue weighted by molar-refractivity contribution is 0.122. The monoisotopic (exact) mass is 195 g/mol. The average molecular weight is 195 g/mol. The Hall–Kier alpha value is 0.110. The smallest absolute Gasteiger partial charge is 0.323 e. The maximum atomic E-state index is 11.3. The predicted octanol–water partition coefficient (Wildman–Crippen LogP) is 1.60. The van der Waals surface area contributed by atoms with Gasteiger partial charge in [-0.1, -0.05) is 0 Å². The number of hydrogen-bond donors (Lipinski definition) is 1. The van der Waals surface area contributed by atoms with Gasteiger partial charge in [0.2, 0.25) is 0 Å². The molecule has 0 saturated heterocycles. The summed E-state index contributed by atoms with van der Waals surface area (Å²) in [5, 5.41) is 0. The Bertz CT molecular complexity index is 188. The Labute approximate surface area is 74.0 Å². The molecule has 0 aromatic carbocycles. The minimum Gasteiger partial charge on any atom is -0.323 e. The van der Waals surface area contributed by atoms with Crippen molar-refractivity contribution in [3.8, 4) is 0 Å². The zero-order valence-electron chi connectivity index (χ0n) is 8.33. The molecule has 2 atom stereocenters. The Morgan fingerprint density at radius 3 is 2.17 bits per heavy atom. The lowest BCUT2D eigenvalue weighted by Crippen LogP contribution is -2.44. The highest BCUT2D eigenvalue weighted by molar-refractivity contribution is 7.52. The van der Waals surface area contributed by atoms with E-state index in [9.17, 15) is 4.57 Å². The highest BCUT2D eigenvalue weighted by Crippen LogP contribution is 2.45. The predicted molar refractivity (Wildman–Crippen MR) is 49.4 cm³/mol. The number of rotatable bonds is 4. The van der Waals surface area contributed by atoms with E-state index in [1.54, 1.807) is 6.92 Å². The second-order valence-corrected chi connectivity index (χ2v) is 5.64. The molecule has 0 aromatic heterocycles. The molecule has 0 amide bonds. The van der Waals surface area contributed by atoms with Gasteiger partial charge >= 0.3 is 7.60 Å². The van der Waals surface area contributed by atoms with Crippen LogP contribution in [0.2, 0.25) is 0 Å². The first-order valence-electron chi connectivity index (χ1n) is 3.79. The molecule has 0 heterocycles. The standard InChI is InChI=1S/C7H18NO3P/c1-6(7(2,3)8)11-12(5,9)10-4/h6H,8H2,1-5H3. The van der Waals surface area contributed by atoms with Gasteiger partial charge in [-0.2, -0.15) is 0 Å². The third-order valence-electron chi connectivity index (χ3n) is 1.73. The summed E-state index contributed by atoms with van der Waals surface area (Å²) < 4.78 is 21.2. The van der Waals surface area contributed by atoms with E-state index in [1.165, 1.54) is 13.8 Å². The summed E-state index contributed by atoms with van der Waals surface area (Å²) in [6, 6.07) is 0. The van der Waals surface area contributed by atoms with Crippen LogP contribution in [0.3, 0.4) is 0 Å². The van der Waals surface area contributed by atoms with Gasteiger partial charge in [-0.25, -0.2) is 0 Å². The molecule has 0 bridgehead atoms. The fourth-order valence-electron chi connectivity index (χ4n) is 0.466. The normalized spacial score (nSPS) is 20.2. The molecule has 0 aromatic rings. The van der Waals surface area contributed by atoms with Gasteiger partial charge in [0.25, 0.3) is 0 Å². The topological polar surface area (TPSA) is 61.5 Å². The summed E-state index contributed by atoms with van der Waals surface area (Å²) in [6.45, 7) is 6.82. The molecule has 2 unspecified atom stereocenters. The molecule has 5 heteroatoms. The molecule has 12 heavy (non-hydrogen) atoms. The van der Waals surface area contributed by atoms with E-state index >= 15 is 0 Å². The molecular weight excluding hydrogens is 177 g/mol. The molecule has 0 radical (unpaired) electrons. The molecule has 74 valence electrons.